The minimum atomic E-state index is -0.0772. The molecule has 1 saturated heterocycles. The summed E-state index contributed by atoms with van der Waals surface area (Å²) in [4.78, 5) is 40.3. The number of carbonyl (C=O) groups excluding carboxylic acids is 3. The van der Waals surface area contributed by atoms with Crippen LogP contribution in [0.2, 0.25) is 0 Å². The zero-order valence-corrected chi connectivity index (χ0v) is 14.9. The number of amides is 3. The molecule has 0 bridgehead atoms. The van der Waals surface area contributed by atoms with E-state index >= 15 is 0 Å². The molecule has 1 aliphatic heterocycles. The third kappa shape index (κ3) is 3.86. The Hall–Kier alpha value is -3.09. The van der Waals surface area contributed by atoms with Gasteiger partial charge >= 0.3 is 0 Å². The summed E-state index contributed by atoms with van der Waals surface area (Å²) in [7, 11) is 0. The van der Waals surface area contributed by atoms with E-state index in [4.69, 9.17) is 4.42 Å². The highest BCUT2D eigenvalue weighted by atomic mass is 16.3. The number of nitrogens with zero attached hydrogens (tertiary/aromatic N) is 2. The molecule has 3 amide bonds. The van der Waals surface area contributed by atoms with Gasteiger partial charge in [0.15, 0.2) is 0 Å². The maximum absolute atomic E-state index is 12.7. The number of hydrogen-bond acceptors (Lipinski definition) is 4. The molecule has 1 saturated carbocycles. The van der Waals surface area contributed by atoms with Crippen molar-refractivity contribution in [2.75, 3.05) is 31.5 Å². The van der Waals surface area contributed by atoms with Crippen molar-refractivity contribution >= 4 is 23.4 Å². The standard InChI is InChI=1S/C20H21N3O4/c24-18(14-1-2-14)21-17-5-3-15(4-6-17)19(25)22-8-10-23(11-9-22)20(26)16-7-12-27-13-16/h3-7,12-14H,1-2,8-11H2,(H,21,24). The predicted octanol–water partition coefficient (Wildman–Crippen LogP) is 2.23. The highest BCUT2D eigenvalue weighted by molar-refractivity contribution is 5.97. The number of hydrogen-bond donors (Lipinski definition) is 1. The predicted molar refractivity (Wildman–Crippen MR) is 98.3 cm³/mol. The first-order valence-electron chi connectivity index (χ1n) is 9.13. The van der Waals surface area contributed by atoms with Crippen molar-refractivity contribution < 1.29 is 18.8 Å². The summed E-state index contributed by atoms with van der Waals surface area (Å²) in [5, 5.41) is 2.87. The molecule has 2 aliphatic rings. The second-order valence-electron chi connectivity index (χ2n) is 6.94. The van der Waals surface area contributed by atoms with Gasteiger partial charge in [0, 0.05) is 43.3 Å². The molecule has 0 unspecified atom stereocenters. The molecule has 1 aliphatic carbocycles. The number of carbonyl (C=O) groups is 3. The van der Waals surface area contributed by atoms with Crippen LogP contribution >= 0.6 is 0 Å². The molecule has 7 nitrogen and oxygen atoms in total. The number of rotatable bonds is 4. The Labute approximate surface area is 156 Å². The second-order valence-corrected chi connectivity index (χ2v) is 6.94. The molecule has 2 aromatic rings. The number of piperazine rings is 1. The van der Waals surface area contributed by atoms with Crippen molar-refractivity contribution in [1.82, 2.24) is 9.80 Å². The van der Waals surface area contributed by atoms with Crippen molar-refractivity contribution in [3.05, 3.63) is 54.0 Å². The molecule has 27 heavy (non-hydrogen) atoms. The second kappa shape index (κ2) is 7.26. The van der Waals surface area contributed by atoms with E-state index < -0.39 is 0 Å². The molecule has 7 heteroatoms. The van der Waals surface area contributed by atoms with Crippen molar-refractivity contribution in [2.45, 2.75) is 12.8 Å². The average molecular weight is 367 g/mol. The van der Waals surface area contributed by atoms with Gasteiger partial charge in [0.25, 0.3) is 11.8 Å². The lowest BCUT2D eigenvalue weighted by Gasteiger charge is -2.34. The number of furan rings is 1. The van der Waals surface area contributed by atoms with Crippen LogP contribution in [0, 0.1) is 5.92 Å². The first-order valence-corrected chi connectivity index (χ1v) is 9.13. The Morgan fingerprint density at radius 2 is 1.44 bits per heavy atom. The highest BCUT2D eigenvalue weighted by Crippen LogP contribution is 2.30. The van der Waals surface area contributed by atoms with Gasteiger partial charge in [0.2, 0.25) is 5.91 Å². The van der Waals surface area contributed by atoms with Crippen LogP contribution in [-0.2, 0) is 4.79 Å². The summed E-state index contributed by atoms with van der Waals surface area (Å²) in [5.41, 5.74) is 1.81. The van der Waals surface area contributed by atoms with E-state index in [9.17, 15) is 14.4 Å². The lowest BCUT2D eigenvalue weighted by Crippen LogP contribution is -2.50. The Morgan fingerprint density at radius 3 is 1.96 bits per heavy atom. The third-order valence-corrected chi connectivity index (χ3v) is 4.97. The van der Waals surface area contributed by atoms with Crippen LogP contribution in [0.1, 0.15) is 33.6 Å². The van der Waals surface area contributed by atoms with Gasteiger partial charge in [-0.15, -0.1) is 0 Å². The van der Waals surface area contributed by atoms with E-state index in [0.29, 0.717) is 43.0 Å². The lowest BCUT2D eigenvalue weighted by molar-refractivity contribution is -0.117. The monoisotopic (exact) mass is 367 g/mol. The summed E-state index contributed by atoms with van der Waals surface area (Å²) >= 11 is 0. The Balaban J connectivity index is 1.32. The van der Waals surface area contributed by atoms with Gasteiger partial charge in [-0.25, -0.2) is 0 Å². The maximum Gasteiger partial charge on any atom is 0.257 e. The summed E-state index contributed by atoms with van der Waals surface area (Å²) < 4.78 is 4.96. The van der Waals surface area contributed by atoms with Crippen molar-refractivity contribution in [2.24, 2.45) is 5.92 Å². The molecule has 0 radical (unpaired) electrons. The van der Waals surface area contributed by atoms with Crippen molar-refractivity contribution in [3.63, 3.8) is 0 Å². The van der Waals surface area contributed by atoms with Crippen molar-refractivity contribution in [3.8, 4) is 0 Å². The molecule has 1 aromatic carbocycles. The van der Waals surface area contributed by atoms with Gasteiger partial charge in [-0.05, 0) is 43.2 Å². The normalized spacial score (nSPS) is 16.9. The zero-order valence-electron chi connectivity index (χ0n) is 14.9. The molecular formula is C20H21N3O4. The fraction of sp³-hybridized carbons (Fsp3) is 0.350. The van der Waals surface area contributed by atoms with E-state index in [1.54, 1.807) is 40.1 Å². The number of nitrogens with one attached hydrogen (secondary N) is 1. The Kier molecular flexibility index (Phi) is 4.66. The Bertz CT molecular complexity index is 833. The quantitative estimate of drug-likeness (QED) is 0.898. The molecule has 0 spiro atoms. The molecule has 1 aromatic heterocycles. The molecule has 0 atom stereocenters. The van der Waals surface area contributed by atoms with E-state index in [1.807, 2.05) is 0 Å². The first kappa shape index (κ1) is 17.3. The summed E-state index contributed by atoms with van der Waals surface area (Å²) in [6, 6.07) is 8.61. The van der Waals surface area contributed by atoms with Crippen LogP contribution in [0.3, 0.4) is 0 Å². The van der Waals surface area contributed by atoms with Crippen LogP contribution in [-0.4, -0.2) is 53.7 Å². The lowest BCUT2D eigenvalue weighted by atomic mass is 10.1. The van der Waals surface area contributed by atoms with Gasteiger partial charge in [0.1, 0.15) is 6.26 Å². The molecule has 1 N–H and O–H groups in total. The largest absolute Gasteiger partial charge is 0.472 e. The van der Waals surface area contributed by atoms with Gasteiger partial charge in [-0.2, -0.15) is 0 Å². The summed E-state index contributed by atoms with van der Waals surface area (Å²) in [6.45, 7) is 1.96. The molecule has 2 fully saturated rings. The van der Waals surface area contributed by atoms with Gasteiger partial charge in [-0.1, -0.05) is 0 Å². The van der Waals surface area contributed by atoms with E-state index in [0.717, 1.165) is 12.8 Å². The minimum Gasteiger partial charge on any atom is -0.472 e. The number of anilines is 1. The van der Waals surface area contributed by atoms with Gasteiger partial charge < -0.3 is 19.5 Å². The zero-order chi connectivity index (χ0) is 18.8. The van der Waals surface area contributed by atoms with Gasteiger partial charge in [0.05, 0.1) is 11.8 Å². The van der Waals surface area contributed by atoms with Crippen LogP contribution in [0.15, 0.2) is 47.3 Å². The van der Waals surface area contributed by atoms with Crippen LogP contribution in [0.25, 0.3) is 0 Å². The topological polar surface area (TPSA) is 82.9 Å². The summed E-state index contributed by atoms with van der Waals surface area (Å²) in [6.07, 6.45) is 4.82. The maximum atomic E-state index is 12.7. The SMILES string of the molecule is O=C(Nc1ccc(C(=O)N2CCN(C(=O)c3ccoc3)CC2)cc1)C1CC1. The molecule has 140 valence electrons. The Morgan fingerprint density at radius 1 is 0.852 bits per heavy atom. The first-order chi connectivity index (χ1) is 13.1. The van der Waals surface area contributed by atoms with Crippen LogP contribution in [0.5, 0.6) is 0 Å². The average Bonchev–Trinajstić information content (AvgIpc) is 3.42. The van der Waals surface area contributed by atoms with Crippen LogP contribution < -0.4 is 5.32 Å². The fourth-order valence-electron chi connectivity index (χ4n) is 3.15. The smallest absolute Gasteiger partial charge is 0.257 e. The third-order valence-electron chi connectivity index (χ3n) is 4.97. The fourth-order valence-corrected chi connectivity index (χ4v) is 3.15. The van der Waals surface area contributed by atoms with E-state index in [2.05, 4.69) is 5.32 Å². The van der Waals surface area contributed by atoms with E-state index in [-0.39, 0.29) is 23.6 Å². The minimum absolute atomic E-state index is 0.0486. The summed E-state index contributed by atoms with van der Waals surface area (Å²) in [5.74, 6) is 0.0527. The number of benzene rings is 1. The van der Waals surface area contributed by atoms with Crippen molar-refractivity contribution in [1.29, 1.82) is 0 Å². The highest BCUT2D eigenvalue weighted by Gasteiger charge is 2.29. The van der Waals surface area contributed by atoms with Crippen LogP contribution in [0.4, 0.5) is 5.69 Å². The van der Waals surface area contributed by atoms with E-state index in [1.165, 1.54) is 12.5 Å². The molecule has 4 rings (SSSR count). The van der Waals surface area contributed by atoms with Gasteiger partial charge in [-0.3, -0.25) is 14.4 Å². The molecular weight excluding hydrogens is 346 g/mol. The molecule has 2 heterocycles.